The van der Waals surface area contributed by atoms with Crippen molar-refractivity contribution < 1.29 is 14.3 Å². The highest BCUT2D eigenvalue weighted by molar-refractivity contribution is 5.95. The molecule has 2 aromatic rings. The van der Waals surface area contributed by atoms with E-state index in [0.29, 0.717) is 29.9 Å². The van der Waals surface area contributed by atoms with Crippen molar-refractivity contribution in [1.82, 2.24) is 10.9 Å². The standard InChI is InChI=1S/C20H20N2O3/c1-25-19-9-5-8-15(12-19)20(24)22-21-17-10-16(11-18(23)13-17)14-6-3-2-4-7-14/h2-9,12-13,16,21H,10-11H2,1H3,(H,22,24)/t16-/m0/s1. The molecule has 0 heterocycles. The molecule has 3 rings (SSSR count). The van der Waals surface area contributed by atoms with Gasteiger partial charge in [-0.05, 0) is 36.1 Å². The minimum absolute atomic E-state index is 0.0539. The Kier molecular flexibility index (Phi) is 5.14. The van der Waals surface area contributed by atoms with Crippen LogP contribution in [0.25, 0.3) is 0 Å². The summed E-state index contributed by atoms with van der Waals surface area (Å²) in [6.07, 6.45) is 2.72. The Balaban J connectivity index is 1.64. The fourth-order valence-corrected chi connectivity index (χ4v) is 2.91. The van der Waals surface area contributed by atoms with E-state index in [4.69, 9.17) is 4.74 Å². The van der Waals surface area contributed by atoms with Crippen molar-refractivity contribution in [2.45, 2.75) is 18.8 Å². The quantitative estimate of drug-likeness (QED) is 0.824. The van der Waals surface area contributed by atoms with Gasteiger partial charge in [0.1, 0.15) is 5.75 Å². The van der Waals surface area contributed by atoms with Crippen molar-refractivity contribution in [2.24, 2.45) is 0 Å². The number of nitrogens with one attached hydrogen (secondary N) is 2. The maximum absolute atomic E-state index is 12.2. The molecule has 0 aromatic heterocycles. The van der Waals surface area contributed by atoms with Gasteiger partial charge in [0.25, 0.3) is 5.91 Å². The Morgan fingerprint density at radius 3 is 2.64 bits per heavy atom. The van der Waals surface area contributed by atoms with Gasteiger partial charge in [-0.15, -0.1) is 0 Å². The van der Waals surface area contributed by atoms with Crippen molar-refractivity contribution in [1.29, 1.82) is 0 Å². The number of allylic oxidation sites excluding steroid dienone is 2. The molecule has 0 aliphatic heterocycles. The van der Waals surface area contributed by atoms with E-state index in [9.17, 15) is 9.59 Å². The van der Waals surface area contributed by atoms with Crippen LogP contribution in [0.3, 0.4) is 0 Å². The number of benzene rings is 2. The third kappa shape index (κ3) is 4.26. The monoisotopic (exact) mass is 336 g/mol. The van der Waals surface area contributed by atoms with Crippen molar-refractivity contribution in [3.8, 4) is 5.75 Å². The smallest absolute Gasteiger partial charge is 0.269 e. The number of ketones is 1. The van der Waals surface area contributed by atoms with Crippen LogP contribution in [0.4, 0.5) is 0 Å². The third-order valence-electron chi connectivity index (χ3n) is 4.19. The predicted octanol–water partition coefficient (Wildman–Crippen LogP) is 2.96. The molecule has 0 fully saturated rings. The van der Waals surface area contributed by atoms with Crippen molar-refractivity contribution >= 4 is 11.7 Å². The molecule has 25 heavy (non-hydrogen) atoms. The lowest BCUT2D eigenvalue weighted by molar-refractivity contribution is -0.115. The van der Waals surface area contributed by atoms with Crippen LogP contribution in [0.2, 0.25) is 0 Å². The minimum atomic E-state index is -0.283. The van der Waals surface area contributed by atoms with Gasteiger partial charge < -0.3 is 10.2 Å². The highest BCUT2D eigenvalue weighted by Crippen LogP contribution is 2.30. The van der Waals surface area contributed by atoms with Crippen LogP contribution < -0.4 is 15.6 Å². The zero-order valence-electron chi connectivity index (χ0n) is 14.0. The van der Waals surface area contributed by atoms with Crippen molar-refractivity contribution in [2.75, 3.05) is 7.11 Å². The Morgan fingerprint density at radius 2 is 1.88 bits per heavy atom. The van der Waals surface area contributed by atoms with E-state index in [1.807, 2.05) is 30.3 Å². The van der Waals surface area contributed by atoms with E-state index in [-0.39, 0.29) is 17.6 Å². The van der Waals surface area contributed by atoms with Gasteiger partial charge in [0.15, 0.2) is 5.78 Å². The van der Waals surface area contributed by atoms with Gasteiger partial charge in [-0.1, -0.05) is 36.4 Å². The van der Waals surface area contributed by atoms with Crippen LogP contribution in [0, 0.1) is 0 Å². The number of amides is 1. The molecule has 1 atom stereocenters. The molecule has 5 heteroatoms. The van der Waals surface area contributed by atoms with Gasteiger partial charge in [-0.25, -0.2) is 0 Å². The van der Waals surface area contributed by atoms with Crippen LogP contribution in [0.15, 0.2) is 66.4 Å². The number of hydrogen-bond donors (Lipinski definition) is 2. The molecule has 128 valence electrons. The third-order valence-corrected chi connectivity index (χ3v) is 4.19. The summed E-state index contributed by atoms with van der Waals surface area (Å²) in [5.41, 5.74) is 7.85. The molecule has 1 aliphatic carbocycles. The van der Waals surface area contributed by atoms with Crippen molar-refractivity contribution in [3.05, 3.63) is 77.5 Å². The average Bonchev–Trinajstić information content (AvgIpc) is 2.66. The van der Waals surface area contributed by atoms with Crippen molar-refractivity contribution in [3.63, 3.8) is 0 Å². The lowest BCUT2D eigenvalue weighted by atomic mass is 9.86. The summed E-state index contributed by atoms with van der Waals surface area (Å²) in [7, 11) is 1.55. The molecule has 0 saturated carbocycles. The van der Waals surface area contributed by atoms with Gasteiger partial charge in [0.2, 0.25) is 0 Å². The first-order valence-electron chi connectivity index (χ1n) is 8.14. The summed E-state index contributed by atoms with van der Waals surface area (Å²) in [6.45, 7) is 0. The molecule has 0 bridgehead atoms. The maximum atomic E-state index is 12.2. The number of rotatable bonds is 5. The summed E-state index contributed by atoms with van der Waals surface area (Å²) in [4.78, 5) is 24.3. The maximum Gasteiger partial charge on any atom is 0.269 e. The van der Waals surface area contributed by atoms with E-state index in [1.54, 1.807) is 37.5 Å². The average molecular weight is 336 g/mol. The summed E-state index contributed by atoms with van der Waals surface area (Å²) in [5.74, 6) is 0.506. The number of ether oxygens (including phenoxy) is 1. The minimum Gasteiger partial charge on any atom is -0.497 e. The lowest BCUT2D eigenvalue weighted by Gasteiger charge is -2.23. The molecule has 2 N–H and O–H groups in total. The predicted molar refractivity (Wildman–Crippen MR) is 95.1 cm³/mol. The lowest BCUT2D eigenvalue weighted by Crippen LogP contribution is -2.38. The molecule has 5 nitrogen and oxygen atoms in total. The Hall–Kier alpha value is -3.08. The molecular formula is C20H20N2O3. The fraction of sp³-hybridized carbons (Fsp3) is 0.200. The largest absolute Gasteiger partial charge is 0.497 e. The second kappa shape index (κ2) is 7.66. The van der Waals surface area contributed by atoms with E-state index < -0.39 is 0 Å². The molecule has 0 radical (unpaired) electrons. The molecule has 1 aliphatic rings. The van der Waals surface area contributed by atoms with E-state index in [0.717, 1.165) is 5.56 Å². The van der Waals surface area contributed by atoms with Gasteiger partial charge in [0.05, 0.1) is 7.11 Å². The van der Waals surface area contributed by atoms with Gasteiger partial charge in [0, 0.05) is 23.8 Å². The second-order valence-electron chi connectivity index (χ2n) is 5.96. The molecule has 0 saturated heterocycles. The first kappa shape index (κ1) is 16.8. The van der Waals surface area contributed by atoms with Crippen LogP contribution in [0.5, 0.6) is 5.75 Å². The van der Waals surface area contributed by atoms with E-state index in [2.05, 4.69) is 10.9 Å². The van der Waals surface area contributed by atoms with Gasteiger partial charge in [-0.2, -0.15) is 0 Å². The highest BCUT2D eigenvalue weighted by Gasteiger charge is 2.22. The topological polar surface area (TPSA) is 67.4 Å². The van der Waals surface area contributed by atoms with Crippen LogP contribution in [-0.2, 0) is 4.79 Å². The van der Waals surface area contributed by atoms with Crippen LogP contribution in [-0.4, -0.2) is 18.8 Å². The summed E-state index contributed by atoms with van der Waals surface area (Å²) >= 11 is 0. The number of methoxy groups -OCH3 is 1. The molecule has 2 aromatic carbocycles. The fourth-order valence-electron chi connectivity index (χ4n) is 2.91. The van der Waals surface area contributed by atoms with Gasteiger partial charge >= 0.3 is 0 Å². The highest BCUT2D eigenvalue weighted by atomic mass is 16.5. The molecule has 1 amide bonds. The van der Waals surface area contributed by atoms with E-state index >= 15 is 0 Å². The zero-order chi connectivity index (χ0) is 17.6. The normalized spacial score (nSPS) is 16.8. The van der Waals surface area contributed by atoms with Crippen LogP contribution >= 0.6 is 0 Å². The number of hydrogen-bond acceptors (Lipinski definition) is 4. The number of hydrazine groups is 1. The first-order valence-corrected chi connectivity index (χ1v) is 8.14. The second-order valence-corrected chi connectivity index (χ2v) is 5.96. The first-order chi connectivity index (χ1) is 12.2. The Labute approximate surface area is 146 Å². The van der Waals surface area contributed by atoms with Crippen LogP contribution in [0.1, 0.15) is 34.7 Å². The molecule has 0 spiro atoms. The summed E-state index contributed by atoms with van der Waals surface area (Å²) in [5, 5.41) is 0. The van der Waals surface area contributed by atoms with E-state index in [1.165, 1.54) is 0 Å². The Bertz CT molecular complexity index is 800. The SMILES string of the molecule is COc1cccc(C(=O)NNC2=CC(=O)C[C@@H](c3ccccc3)C2)c1. The zero-order valence-corrected chi connectivity index (χ0v) is 14.0. The van der Waals surface area contributed by atoms with Gasteiger partial charge in [-0.3, -0.25) is 15.0 Å². The summed E-state index contributed by atoms with van der Waals surface area (Å²) < 4.78 is 5.12. The molecule has 0 unspecified atom stereocenters. The number of carbonyl (C=O) groups excluding carboxylic acids is 2. The number of carbonyl (C=O) groups is 2. The summed E-state index contributed by atoms with van der Waals surface area (Å²) in [6, 6.07) is 16.8. The molecular weight excluding hydrogens is 316 g/mol. The Morgan fingerprint density at radius 1 is 1.08 bits per heavy atom.